The number of ether oxygens (including phenoxy) is 1. The van der Waals surface area contributed by atoms with Gasteiger partial charge in [0, 0.05) is 16.5 Å². The number of hydrogen-bond acceptors (Lipinski definition) is 7. The molecule has 0 spiro atoms. The van der Waals surface area contributed by atoms with E-state index in [1.54, 1.807) is 55.6 Å². The fourth-order valence-corrected chi connectivity index (χ4v) is 8.01. The molecular weight excluding hydrogens is 546 g/mol. The normalized spacial score (nSPS) is 19.8. The number of para-hydroxylation sites is 1. The lowest BCUT2D eigenvalue weighted by atomic mass is 9.83. The Morgan fingerprint density at radius 1 is 0.925 bits per heavy atom. The summed E-state index contributed by atoms with van der Waals surface area (Å²) in [4.78, 5) is 55.5. The highest BCUT2D eigenvalue weighted by Gasteiger charge is 2.56. The lowest BCUT2D eigenvalue weighted by Crippen LogP contribution is -2.33. The van der Waals surface area contributed by atoms with Crippen molar-refractivity contribution in [2.24, 2.45) is 5.92 Å². The molecule has 10 heteroatoms. The van der Waals surface area contributed by atoms with Crippen molar-refractivity contribution in [1.29, 1.82) is 0 Å². The van der Waals surface area contributed by atoms with Crippen LogP contribution in [-0.4, -0.2) is 34.6 Å². The van der Waals surface area contributed by atoms with Gasteiger partial charge in [-0.15, -0.1) is 0 Å². The number of nitrogens with one attached hydrogen (secondary N) is 1. The second kappa shape index (κ2) is 10.4. The molecule has 40 heavy (non-hydrogen) atoms. The third-order valence-corrected chi connectivity index (χ3v) is 9.78. The second-order valence-electron chi connectivity index (χ2n) is 9.70. The molecule has 4 aromatic rings. The summed E-state index contributed by atoms with van der Waals surface area (Å²) >= 11 is 2.22. The van der Waals surface area contributed by atoms with Gasteiger partial charge in [0.25, 0.3) is 0 Å². The van der Waals surface area contributed by atoms with Crippen molar-refractivity contribution in [3.8, 4) is 5.75 Å². The Bertz CT molecular complexity index is 1660. The van der Waals surface area contributed by atoms with E-state index in [1.807, 2.05) is 37.3 Å². The maximum absolute atomic E-state index is 13.9. The molecule has 1 N–H and O–H groups in total. The van der Waals surface area contributed by atoms with Gasteiger partial charge >= 0.3 is 4.87 Å². The number of anilines is 2. The van der Waals surface area contributed by atoms with Gasteiger partial charge < -0.3 is 10.1 Å². The lowest BCUT2D eigenvalue weighted by Gasteiger charge is -2.30. The van der Waals surface area contributed by atoms with E-state index in [4.69, 9.17) is 4.74 Å². The molecule has 2 aliphatic heterocycles. The zero-order chi connectivity index (χ0) is 28.0. The van der Waals surface area contributed by atoms with Crippen LogP contribution < -0.4 is 19.8 Å². The number of thiazole rings is 1. The van der Waals surface area contributed by atoms with E-state index in [0.717, 1.165) is 22.5 Å². The molecule has 1 saturated heterocycles. The summed E-state index contributed by atoms with van der Waals surface area (Å²) in [5.74, 6) is -1.56. The number of carbonyl (C=O) groups excluding carboxylic acids is 3. The molecule has 0 radical (unpaired) electrons. The minimum absolute atomic E-state index is 0.206. The number of benzene rings is 3. The van der Waals surface area contributed by atoms with Gasteiger partial charge in [-0.1, -0.05) is 71.1 Å². The van der Waals surface area contributed by atoms with E-state index in [0.29, 0.717) is 27.0 Å². The summed E-state index contributed by atoms with van der Waals surface area (Å²) in [6.45, 7) is 1.75. The Hall–Kier alpha value is -4.15. The van der Waals surface area contributed by atoms with Crippen LogP contribution in [0.25, 0.3) is 0 Å². The maximum atomic E-state index is 13.9. The van der Waals surface area contributed by atoms with Crippen molar-refractivity contribution in [3.05, 3.63) is 105 Å². The van der Waals surface area contributed by atoms with E-state index in [9.17, 15) is 19.2 Å². The monoisotopic (exact) mass is 571 g/mol. The number of hydrogen-bond donors (Lipinski definition) is 1. The van der Waals surface area contributed by atoms with Crippen LogP contribution in [0.3, 0.4) is 0 Å². The highest BCUT2D eigenvalue weighted by molar-refractivity contribution is 8.00. The number of imide groups is 1. The zero-order valence-corrected chi connectivity index (χ0v) is 23.3. The van der Waals surface area contributed by atoms with Crippen LogP contribution in [0.2, 0.25) is 0 Å². The first-order valence-corrected chi connectivity index (χ1v) is 14.4. The van der Waals surface area contributed by atoms with E-state index in [1.165, 1.54) is 21.2 Å². The molecule has 3 aromatic carbocycles. The first kappa shape index (κ1) is 26.1. The van der Waals surface area contributed by atoms with Gasteiger partial charge in [0.2, 0.25) is 17.7 Å². The zero-order valence-electron chi connectivity index (χ0n) is 21.7. The highest BCUT2D eigenvalue weighted by atomic mass is 32.2. The van der Waals surface area contributed by atoms with Crippen LogP contribution >= 0.6 is 23.1 Å². The maximum Gasteiger partial charge on any atom is 0.308 e. The van der Waals surface area contributed by atoms with Crippen LogP contribution in [0.1, 0.15) is 21.9 Å². The van der Waals surface area contributed by atoms with E-state index in [2.05, 4.69) is 5.32 Å². The SMILES string of the molecule is COc1ccc([C@@H]2c3sc(=O)n(CC(=O)Nc4ccc(C)cc4)c3S[C@H]3C(=O)N(c4ccccc4)C(=O)[C@@H]23)cc1. The average molecular weight is 572 g/mol. The first-order chi connectivity index (χ1) is 19.4. The fraction of sp³-hybridized carbons (Fsp3) is 0.200. The van der Waals surface area contributed by atoms with Gasteiger partial charge in [-0.05, 0) is 48.9 Å². The second-order valence-corrected chi connectivity index (χ2v) is 11.8. The molecule has 0 saturated carbocycles. The quantitative estimate of drug-likeness (QED) is 0.338. The molecule has 0 unspecified atom stereocenters. The van der Waals surface area contributed by atoms with E-state index in [-0.39, 0.29) is 29.1 Å². The van der Waals surface area contributed by atoms with Gasteiger partial charge in [0.15, 0.2) is 0 Å². The Labute approximate surface area is 238 Å². The number of rotatable bonds is 6. The summed E-state index contributed by atoms with van der Waals surface area (Å²) in [6.07, 6.45) is 0. The number of aryl methyl sites for hydroxylation is 1. The van der Waals surface area contributed by atoms with Crippen LogP contribution in [0.5, 0.6) is 5.75 Å². The van der Waals surface area contributed by atoms with Gasteiger partial charge in [0.1, 0.15) is 17.5 Å². The third kappa shape index (κ3) is 4.52. The van der Waals surface area contributed by atoms with Gasteiger partial charge in [-0.25, -0.2) is 4.90 Å². The number of aromatic nitrogens is 1. The largest absolute Gasteiger partial charge is 0.497 e. The van der Waals surface area contributed by atoms with Crippen molar-refractivity contribution >= 4 is 52.2 Å². The van der Waals surface area contributed by atoms with Crippen molar-refractivity contribution in [3.63, 3.8) is 0 Å². The molecule has 6 rings (SSSR count). The predicted octanol–water partition coefficient (Wildman–Crippen LogP) is 4.66. The average Bonchev–Trinajstić information content (AvgIpc) is 3.41. The summed E-state index contributed by atoms with van der Waals surface area (Å²) < 4.78 is 6.74. The van der Waals surface area contributed by atoms with Crippen molar-refractivity contribution < 1.29 is 19.1 Å². The Kier molecular flexibility index (Phi) is 6.81. The smallest absolute Gasteiger partial charge is 0.308 e. The fourth-order valence-electron chi connectivity index (χ4n) is 5.24. The van der Waals surface area contributed by atoms with Crippen molar-refractivity contribution in [1.82, 2.24) is 4.57 Å². The number of methoxy groups -OCH3 is 1. The van der Waals surface area contributed by atoms with E-state index < -0.39 is 17.1 Å². The molecule has 0 bridgehead atoms. The first-order valence-electron chi connectivity index (χ1n) is 12.7. The highest BCUT2D eigenvalue weighted by Crippen LogP contribution is 2.54. The van der Waals surface area contributed by atoms with E-state index >= 15 is 0 Å². The predicted molar refractivity (Wildman–Crippen MR) is 155 cm³/mol. The summed E-state index contributed by atoms with van der Waals surface area (Å²) in [7, 11) is 1.57. The van der Waals surface area contributed by atoms with Crippen LogP contribution in [0, 0.1) is 12.8 Å². The Morgan fingerprint density at radius 3 is 2.30 bits per heavy atom. The standard InChI is InChI=1S/C30H25N3O5S2/c1-17-8-12-19(13-9-17)31-22(34)16-32-29-26(40-30(32)37)23(18-10-14-21(38-2)15-11-18)24-25(39-29)28(36)33(27(24)35)20-6-4-3-5-7-20/h3-15,23-25H,16H2,1-2H3,(H,31,34)/t23-,24-,25+/m0/s1. The molecule has 0 aliphatic carbocycles. The molecule has 202 valence electrons. The lowest BCUT2D eigenvalue weighted by molar-refractivity contribution is -0.122. The van der Waals surface area contributed by atoms with Crippen LogP contribution in [-0.2, 0) is 20.9 Å². The van der Waals surface area contributed by atoms with Crippen molar-refractivity contribution in [2.75, 3.05) is 17.3 Å². The topological polar surface area (TPSA) is 97.7 Å². The number of fused-ring (bicyclic) bond motifs is 2. The number of nitrogens with zero attached hydrogens (tertiary/aromatic N) is 2. The summed E-state index contributed by atoms with van der Waals surface area (Å²) in [6, 6.07) is 23.6. The minimum atomic E-state index is -0.743. The van der Waals surface area contributed by atoms with Gasteiger partial charge in [-0.2, -0.15) is 0 Å². The number of thioether (sulfide) groups is 1. The Balaban J connectivity index is 1.41. The van der Waals surface area contributed by atoms with Crippen LogP contribution in [0.15, 0.2) is 88.7 Å². The van der Waals surface area contributed by atoms with Gasteiger partial charge in [-0.3, -0.25) is 23.7 Å². The van der Waals surface area contributed by atoms with Crippen LogP contribution in [0.4, 0.5) is 11.4 Å². The third-order valence-electron chi connectivity index (χ3n) is 7.18. The molecule has 3 amide bonds. The van der Waals surface area contributed by atoms with Gasteiger partial charge in [0.05, 0.1) is 23.7 Å². The Morgan fingerprint density at radius 2 is 1.62 bits per heavy atom. The molecule has 1 aromatic heterocycles. The number of carbonyl (C=O) groups is 3. The number of amides is 3. The molecular formula is C30H25N3O5S2. The van der Waals surface area contributed by atoms with Crippen molar-refractivity contribution in [2.45, 2.75) is 29.7 Å². The minimum Gasteiger partial charge on any atom is -0.497 e. The molecule has 3 heterocycles. The molecule has 3 atom stereocenters. The summed E-state index contributed by atoms with van der Waals surface area (Å²) in [5.41, 5.74) is 3.01. The molecule has 2 aliphatic rings. The molecule has 1 fully saturated rings. The molecule has 8 nitrogen and oxygen atoms in total. The summed E-state index contributed by atoms with van der Waals surface area (Å²) in [5, 5.41) is 2.65.